The average Bonchev–Trinajstić information content (AvgIpc) is 2.50. The summed E-state index contributed by atoms with van der Waals surface area (Å²) in [6.07, 6.45) is -0.395. The molecule has 1 aliphatic heterocycles. The van der Waals surface area contributed by atoms with Gasteiger partial charge in [0.1, 0.15) is 11.9 Å². The number of primary amides is 1. The van der Waals surface area contributed by atoms with E-state index < -0.39 is 18.1 Å². The molecule has 0 spiro atoms. The largest absolute Gasteiger partial charge is 0.391 e. The predicted octanol–water partition coefficient (Wildman–Crippen LogP) is 1.38. The molecule has 1 aliphatic rings. The maximum Gasteiger partial charge on any atom is 0.239 e. The molecule has 1 amide bonds. The second-order valence-electron chi connectivity index (χ2n) is 7.57. The van der Waals surface area contributed by atoms with Gasteiger partial charge < -0.3 is 10.8 Å². The minimum atomic E-state index is -0.541. The van der Waals surface area contributed by atoms with Crippen LogP contribution in [0.4, 0.5) is 4.39 Å². The molecular weight excluding hydrogens is 309 g/mol. The number of benzene rings is 1. The zero-order valence-corrected chi connectivity index (χ0v) is 14.7. The fourth-order valence-corrected chi connectivity index (χ4v) is 2.92. The van der Waals surface area contributed by atoms with Crippen LogP contribution < -0.4 is 5.73 Å². The molecular formula is C18H28FN3O2. The Hall–Kier alpha value is -1.50. The van der Waals surface area contributed by atoms with Crippen LogP contribution in [0.2, 0.25) is 0 Å². The van der Waals surface area contributed by atoms with E-state index in [0.29, 0.717) is 25.2 Å². The molecule has 0 unspecified atom stereocenters. The number of carbonyl (C=O) groups excluding carboxylic acids is 1. The van der Waals surface area contributed by atoms with Crippen LogP contribution in [0.1, 0.15) is 32.4 Å². The van der Waals surface area contributed by atoms with Crippen molar-refractivity contribution in [3.05, 3.63) is 35.6 Å². The van der Waals surface area contributed by atoms with Gasteiger partial charge in [0.25, 0.3) is 0 Å². The molecule has 2 rings (SSSR count). The number of hydrogen-bond acceptors (Lipinski definition) is 4. The number of halogens is 1. The fraction of sp³-hybridized carbons (Fsp3) is 0.611. The standard InChI is InChI=1S/C18H28FN3O2/c1-18(2,3)15(23)12-21-8-10-22(11-9-21)16(17(20)24)13-4-6-14(19)7-5-13/h4-7,15-16,23H,8-12H2,1-3H3,(H2,20,24)/t15-,16+/m1/s1. The number of aliphatic hydroxyl groups is 1. The van der Waals surface area contributed by atoms with Gasteiger partial charge in [-0.05, 0) is 23.1 Å². The van der Waals surface area contributed by atoms with Gasteiger partial charge >= 0.3 is 0 Å². The summed E-state index contributed by atoms with van der Waals surface area (Å²) in [6, 6.07) is 5.38. The molecule has 0 bridgehead atoms. The molecule has 1 saturated heterocycles. The van der Waals surface area contributed by atoms with Gasteiger partial charge in [0, 0.05) is 32.7 Å². The Morgan fingerprint density at radius 1 is 1.21 bits per heavy atom. The molecule has 1 aromatic rings. The number of piperazine rings is 1. The van der Waals surface area contributed by atoms with Crippen molar-refractivity contribution >= 4 is 5.91 Å². The smallest absolute Gasteiger partial charge is 0.239 e. The van der Waals surface area contributed by atoms with Gasteiger partial charge in [-0.15, -0.1) is 0 Å². The Kier molecular flexibility index (Phi) is 5.96. The number of nitrogens with two attached hydrogens (primary N) is 1. The molecule has 24 heavy (non-hydrogen) atoms. The fourth-order valence-electron chi connectivity index (χ4n) is 2.92. The quantitative estimate of drug-likeness (QED) is 0.852. The van der Waals surface area contributed by atoms with Crippen LogP contribution in [0.15, 0.2) is 24.3 Å². The normalized spacial score (nSPS) is 19.9. The van der Waals surface area contributed by atoms with Crippen molar-refractivity contribution in [2.45, 2.75) is 32.9 Å². The lowest BCUT2D eigenvalue weighted by Gasteiger charge is -2.40. The lowest BCUT2D eigenvalue weighted by Crippen LogP contribution is -2.52. The molecule has 0 radical (unpaired) electrons. The number of aliphatic hydroxyl groups excluding tert-OH is 1. The number of β-amino-alcohol motifs (C(OH)–C–C–N with tert-alkyl or cyclic N) is 1. The van der Waals surface area contributed by atoms with E-state index in [1.54, 1.807) is 12.1 Å². The molecule has 3 N–H and O–H groups in total. The SMILES string of the molecule is CC(C)(C)[C@H](O)CN1CCN([C@H](C(N)=O)c2ccc(F)cc2)CC1. The third-order valence-corrected chi connectivity index (χ3v) is 4.66. The second-order valence-corrected chi connectivity index (χ2v) is 7.57. The highest BCUT2D eigenvalue weighted by Gasteiger charge is 2.31. The van der Waals surface area contributed by atoms with E-state index in [0.717, 1.165) is 13.1 Å². The molecule has 1 heterocycles. The van der Waals surface area contributed by atoms with Crippen molar-refractivity contribution in [3.63, 3.8) is 0 Å². The second kappa shape index (κ2) is 7.59. The molecule has 5 nitrogen and oxygen atoms in total. The topological polar surface area (TPSA) is 69.8 Å². The minimum absolute atomic E-state index is 0.152. The minimum Gasteiger partial charge on any atom is -0.391 e. The maximum absolute atomic E-state index is 13.1. The number of rotatable bonds is 5. The summed E-state index contributed by atoms with van der Waals surface area (Å²) in [5.41, 5.74) is 6.15. The van der Waals surface area contributed by atoms with E-state index in [2.05, 4.69) is 4.90 Å². The van der Waals surface area contributed by atoms with Gasteiger partial charge in [-0.1, -0.05) is 32.9 Å². The molecule has 0 aliphatic carbocycles. The number of amides is 1. The number of nitrogens with zero attached hydrogens (tertiary/aromatic N) is 2. The highest BCUT2D eigenvalue weighted by Crippen LogP contribution is 2.24. The van der Waals surface area contributed by atoms with Crippen LogP contribution in [0.5, 0.6) is 0 Å². The maximum atomic E-state index is 13.1. The van der Waals surface area contributed by atoms with Gasteiger partial charge in [-0.25, -0.2) is 4.39 Å². The summed E-state index contributed by atoms with van der Waals surface area (Å²) in [5.74, 6) is -0.757. The molecule has 0 aromatic heterocycles. The summed E-state index contributed by atoms with van der Waals surface area (Å²) in [4.78, 5) is 16.1. The monoisotopic (exact) mass is 337 g/mol. The Balaban J connectivity index is 1.98. The molecule has 0 saturated carbocycles. The zero-order valence-electron chi connectivity index (χ0n) is 14.7. The van der Waals surface area contributed by atoms with Crippen LogP contribution in [-0.2, 0) is 4.79 Å². The first-order valence-electron chi connectivity index (χ1n) is 8.37. The zero-order chi connectivity index (χ0) is 17.9. The van der Waals surface area contributed by atoms with E-state index in [9.17, 15) is 14.3 Å². The summed E-state index contributed by atoms with van der Waals surface area (Å²) < 4.78 is 13.1. The third kappa shape index (κ3) is 4.75. The van der Waals surface area contributed by atoms with Gasteiger partial charge in [-0.2, -0.15) is 0 Å². The Bertz CT molecular complexity index is 548. The summed E-state index contributed by atoms with van der Waals surface area (Å²) in [5, 5.41) is 10.2. The molecule has 1 fully saturated rings. The van der Waals surface area contributed by atoms with Gasteiger partial charge in [0.05, 0.1) is 6.10 Å². The van der Waals surface area contributed by atoms with E-state index >= 15 is 0 Å². The van der Waals surface area contributed by atoms with Crippen LogP contribution in [0.3, 0.4) is 0 Å². The first-order valence-corrected chi connectivity index (χ1v) is 8.37. The van der Waals surface area contributed by atoms with Crippen LogP contribution in [-0.4, -0.2) is 59.6 Å². The van der Waals surface area contributed by atoms with E-state index in [1.165, 1.54) is 12.1 Å². The lowest BCUT2D eigenvalue weighted by atomic mass is 9.89. The summed E-state index contributed by atoms with van der Waals surface area (Å²) >= 11 is 0. The number of hydrogen-bond donors (Lipinski definition) is 2. The lowest BCUT2D eigenvalue weighted by molar-refractivity contribution is -0.124. The number of carbonyl (C=O) groups is 1. The van der Waals surface area contributed by atoms with E-state index in [-0.39, 0.29) is 11.2 Å². The Morgan fingerprint density at radius 2 is 1.75 bits per heavy atom. The molecule has 6 heteroatoms. The first-order chi connectivity index (χ1) is 11.2. The van der Waals surface area contributed by atoms with Crippen molar-refractivity contribution in [1.29, 1.82) is 0 Å². The first kappa shape index (κ1) is 18.8. The van der Waals surface area contributed by atoms with Crippen LogP contribution in [0.25, 0.3) is 0 Å². The predicted molar refractivity (Wildman–Crippen MR) is 91.8 cm³/mol. The van der Waals surface area contributed by atoms with Crippen molar-refractivity contribution in [1.82, 2.24) is 9.80 Å². The van der Waals surface area contributed by atoms with E-state index in [1.807, 2.05) is 25.7 Å². The molecule has 134 valence electrons. The highest BCUT2D eigenvalue weighted by atomic mass is 19.1. The average molecular weight is 337 g/mol. The van der Waals surface area contributed by atoms with Crippen LogP contribution >= 0.6 is 0 Å². The molecule has 2 atom stereocenters. The Morgan fingerprint density at radius 3 is 2.21 bits per heavy atom. The van der Waals surface area contributed by atoms with Crippen molar-refractivity contribution in [3.8, 4) is 0 Å². The highest BCUT2D eigenvalue weighted by molar-refractivity contribution is 5.81. The molecule has 1 aromatic carbocycles. The van der Waals surface area contributed by atoms with Gasteiger partial charge in [0.2, 0.25) is 5.91 Å². The van der Waals surface area contributed by atoms with Gasteiger partial charge in [-0.3, -0.25) is 14.6 Å². The van der Waals surface area contributed by atoms with Crippen molar-refractivity contribution in [2.24, 2.45) is 11.1 Å². The Labute approximate surface area is 143 Å². The van der Waals surface area contributed by atoms with Gasteiger partial charge in [0.15, 0.2) is 0 Å². The van der Waals surface area contributed by atoms with Crippen LogP contribution in [0, 0.1) is 11.2 Å². The van der Waals surface area contributed by atoms with Crippen molar-refractivity contribution < 1.29 is 14.3 Å². The third-order valence-electron chi connectivity index (χ3n) is 4.66. The van der Waals surface area contributed by atoms with E-state index in [4.69, 9.17) is 5.73 Å². The summed E-state index contributed by atoms with van der Waals surface area (Å²) in [7, 11) is 0. The summed E-state index contributed by atoms with van der Waals surface area (Å²) in [6.45, 7) is 9.57. The van der Waals surface area contributed by atoms with Crippen molar-refractivity contribution in [2.75, 3.05) is 32.7 Å².